The number of fused-ring (bicyclic) bond motifs is 1. The van der Waals surface area contributed by atoms with E-state index >= 15 is 0 Å². The lowest BCUT2D eigenvalue weighted by Crippen LogP contribution is -2.48. The van der Waals surface area contributed by atoms with Gasteiger partial charge in [0.2, 0.25) is 5.91 Å². The van der Waals surface area contributed by atoms with Gasteiger partial charge in [-0.3, -0.25) is 9.59 Å². The maximum absolute atomic E-state index is 12.8. The Balaban J connectivity index is 1.57. The minimum atomic E-state index is -0.600. The molecule has 3 N–H and O–H groups in total. The molecule has 2 amide bonds. The third kappa shape index (κ3) is 5.78. The Labute approximate surface area is 181 Å². The van der Waals surface area contributed by atoms with E-state index in [0.29, 0.717) is 30.9 Å². The molecule has 0 saturated carbocycles. The fourth-order valence-electron chi connectivity index (χ4n) is 3.32. The van der Waals surface area contributed by atoms with E-state index in [4.69, 9.17) is 0 Å². The summed E-state index contributed by atoms with van der Waals surface area (Å²) < 4.78 is 1.61. The molecule has 0 fully saturated rings. The first-order valence-corrected chi connectivity index (χ1v) is 10.4. The fourth-order valence-corrected chi connectivity index (χ4v) is 3.32. The molecule has 0 radical (unpaired) electrons. The van der Waals surface area contributed by atoms with Crippen LogP contribution in [0.1, 0.15) is 41.9 Å². The van der Waals surface area contributed by atoms with Crippen molar-refractivity contribution in [3.63, 3.8) is 0 Å². The van der Waals surface area contributed by atoms with Crippen molar-refractivity contribution in [1.82, 2.24) is 30.2 Å². The Morgan fingerprint density at radius 3 is 2.65 bits per heavy atom. The van der Waals surface area contributed by atoms with Gasteiger partial charge in [0.1, 0.15) is 18.2 Å². The highest BCUT2D eigenvalue weighted by Crippen LogP contribution is 2.11. The van der Waals surface area contributed by atoms with Crippen molar-refractivity contribution in [1.29, 1.82) is 0 Å². The van der Waals surface area contributed by atoms with Crippen LogP contribution in [0.2, 0.25) is 0 Å². The van der Waals surface area contributed by atoms with E-state index in [1.165, 1.54) is 6.33 Å². The maximum Gasteiger partial charge on any atom is 0.254 e. The minimum absolute atomic E-state index is 0.200. The van der Waals surface area contributed by atoms with Gasteiger partial charge in [-0.15, -0.1) is 0 Å². The number of nitrogens with zero attached hydrogens (tertiary/aromatic N) is 4. The summed E-state index contributed by atoms with van der Waals surface area (Å²) in [5.41, 5.74) is 2.28. The second kappa shape index (κ2) is 10.0. The molecule has 1 aromatic carbocycles. The van der Waals surface area contributed by atoms with Crippen molar-refractivity contribution < 1.29 is 9.59 Å². The van der Waals surface area contributed by atoms with E-state index in [1.807, 2.05) is 52.0 Å². The van der Waals surface area contributed by atoms with Gasteiger partial charge in [-0.25, -0.2) is 4.98 Å². The number of anilines is 1. The Bertz CT molecular complexity index is 1060. The largest absolute Gasteiger partial charge is 0.368 e. The Morgan fingerprint density at radius 1 is 1.13 bits per heavy atom. The molecule has 164 valence electrons. The molecule has 0 saturated heterocycles. The molecule has 1 unspecified atom stereocenters. The molecule has 0 aliphatic rings. The number of carbonyl (C=O) groups excluding carboxylic acids is 2. The number of rotatable bonds is 9. The van der Waals surface area contributed by atoms with Gasteiger partial charge >= 0.3 is 0 Å². The summed E-state index contributed by atoms with van der Waals surface area (Å²) in [4.78, 5) is 33.9. The first kappa shape index (κ1) is 22.2. The van der Waals surface area contributed by atoms with Gasteiger partial charge < -0.3 is 16.0 Å². The molecule has 9 nitrogen and oxygen atoms in total. The average Bonchev–Trinajstić information content (AvgIpc) is 3.18. The molecule has 9 heteroatoms. The molecule has 31 heavy (non-hydrogen) atoms. The molecule has 3 rings (SSSR count). The number of nitrogens with one attached hydrogen (secondary N) is 3. The van der Waals surface area contributed by atoms with Gasteiger partial charge in [0.15, 0.2) is 0 Å². The van der Waals surface area contributed by atoms with Crippen molar-refractivity contribution in [2.24, 2.45) is 5.92 Å². The second-order valence-corrected chi connectivity index (χ2v) is 7.94. The van der Waals surface area contributed by atoms with Gasteiger partial charge in [-0.2, -0.15) is 14.6 Å². The Kier molecular flexibility index (Phi) is 7.17. The van der Waals surface area contributed by atoms with Crippen molar-refractivity contribution >= 4 is 23.4 Å². The van der Waals surface area contributed by atoms with Crippen LogP contribution in [0, 0.1) is 19.8 Å². The number of benzene rings is 1. The van der Waals surface area contributed by atoms with Gasteiger partial charge in [-0.1, -0.05) is 32.0 Å². The molecule has 3 aromatic rings. The zero-order valence-corrected chi connectivity index (χ0v) is 18.3. The van der Waals surface area contributed by atoms with Crippen LogP contribution in [0.3, 0.4) is 0 Å². The molecule has 0 aliphatic carbocycles. The fraction of sp³-hybridized carbons (Fsp3) is 0.409. The van der Waals surface area contributed by atoms with E-state index in [0.717, 1.165) is 17.1 Å². The number of amides is 2. The van der Waals surface area contributed by atoms with Crippen LogP contribution in [0.25, 0.3) is 5.78 Å². The molecular formula is C22H29N7O2. The third-order valence-corrected chi connectivity index (χ3v) is 4.83. The second-order valence-electron chi connectivity index (χ2n) is 7.94. The molecule has 1 atom stereocenters. The van der Waals surface area contributed by atoms with Crippen LogP contribution >= 0.6 is 0 Å². The van der Waals surface area contributed by atoms with Crippen LogP contribution in [0.15, 0.2) is 36.7 Å². The summed E-state index contributed by atoms with van der Waals surface area (Å²) >= 11 is 0. The van der Waals surface area contributed by atoms with Crippen LogP contribution in [-0.4, -0.2) is 50.5 Å². The zero-order chi connectivity index (χ0) is 22.4. The van der Waals surface area contributed by atoms with Gasteiger partial charge in [-0.05, 0) is 37.8 Å². The van der Waals surface area contributed by atoms with Crippen molar-refractivity contribution in [2.45, 2.75) is 40.2 Å². The Hall–Kier alpha value is -3.49. The standard InChI is InChI=1S/C22H29N7O2/c1-14(2)11-18(28-20(30)17-8-6-5-7-15(17)3)21(31)24-10-9-23-19-12-16(4)27-22-25-13-26-29(19)22/h5-8,12-14,18,23H,9-11H2,1-4H3,(H,24,31)(H,28,30). The summed E-state index contributed by atoms with van der Waals surface area (Å²) in [5, 5.41) is 13.2. The maximum atomic E-state index is 12.8. The van der Waals surface area contributed by atoms with E-state index in [2.05, 4.69) is 31.0 Å². The lowest BCUT2D eigenvalue weighted by atomic mass is 10.0. The number of carbonyl (C=O) groups is 2. The number of aryl methyl sites for hydroxylation is 2. The molecule has 0 aliphatic heterocycles. The summed E-state index contributed by atoms with van der Waals surface area (Å²) in [7, 11) is 0. The molecule has 2 heterocycles. The summed E-state index contributed by atoms with van der Waals surface area (Å²) in [6, 6.07) is 8.61. The van der Waals surface area contributed by atoms with Crippen LogP contribution in [-0.2, 0) is 4.79 Å². The first-order valence-electron chi connectivity index (χ1n) is 10.4. The van der Waals surface area contributed by atoms with Gasteiger partial charge in [0, 0.05) is 30.4 Å². The highest BCUT2D eigenvalue weighted by molar-refractivity contribution is 5.98. The SMILES string of the molecule is Cc1cc(NCCNC(=O)C(CC(C)C)NC(=O)c2ccccc2C)n2ncnc2n1. The van der Waals surface area contributed by atoms with E-state index in [9.17, 15) is 9.59 Å². The van der Waals surface area contributed by atoms with Crippen molar-refractivity contribution in [3.05, 3.63) is 53.5 Å². The summed E-state index contributed by atoms with van der Waals surface area (Å²) in [5.74, 6) is 1.09. The third-order valence-electron chi connectivity index (χ3n) is 4.83. The molecule has 2 aromatic heterocycles. The summed E-state index contributed by atoms with van der Waals surface area (Å²) in [6.45, 7) is 8.70. The average molecular weight is 424 g/mol. The lowest BCUT2D eigenvalue weighted by molar-refractivity contribution is -0.123. The quantitative estimate of drug-likeness (QED) is 0.454. The number of hydrogen-bond donors (Lipinski definition) is 3. The Morgan fingerprint density at radius 2 is 1.90 bits per heavy atom. The van der Waals surface area contributed by atoms with Crippen LogP contribution in [0.5, 0.6) is 0 Å². The first-order chi connectivity index (χ1) is 14.8. The smallest absolute Gasteiger partial charge is 0.254 e. The minimum Gasteiger partial charge on any atom is -0.368 e. The normalized spacial score (nSPS) is 12.0. The van der Waals surface area contributed by atoms with Crippen LogP contribution in [0.4, 0.5) is 5.82 Å². The predicted molar refractivity (Wildman–Crippen MR) is 119 cm³/mol. The van der Waals surface area contributed by atoms with E-state index in [1.54, 1.807) is 10.6 Å². The summed E-state index contributed by atoms with van der Waals surface area (Å²) in [6.07, 6.45) is 2.00. The highest BCUT2D eigenvalue weighted by atomic mass is 16.2. The highest BCUT2D eigenvalue weighted by Gasteiger charge is 2.22. The van der Waals surface area contributed by atoms with E-state index in [-0.39, 0.29) is 17.7 Å². The van der Waals surface area contributed by atoms with Crippen LogP contribution < -0.4 is 16.0 Å². The zero-order valence-electron chi connectivity index (χ0n) is 18.3. The monoisotopic (exact) mass is 423 g/mol. The lowest BCUT2D eigenvalue weighted by Gasteiger charge is -2.21. The van der Waals surface area contributed by atoms with Crippen molar-refractivity contribution in [3.8, 4) is 0 Å². The van der Waals surface area contributed by atoms with Gasteiger partial charge in [0.05, 0.1) is 0 Å². The van der Waals surface area contributed by atoms with E-state index < -0.39 is 6.04 Å². The molecular weight excluding hydrogens is 394 g/mol. The number of hydrogen-bond acceptors (Lipinski definition) is 6. The number of aromatic nitrogens is 4. The molecule has 0 spiro atoms. The van der Waals surface area contributed by atoms with Crippen molar-refractivity contribution in [2.75, 3.05) is 18.4 Å². The predicted octanol–water partition coefficient (Wildman–Crippen LogP) is 2.11. The molecule has 0 bridgehead atoms. The van der Waals surface area contributed by atoms with Gasteiger partial charge in [0.25, 0.3) is 11.7 Å². The topological polar surface area (TPSA) is 113 Å².